The predicted octanol–water partition coefficient (Wildman–Crippen LogP) is 3.86. The van der Waals surface area contributed by atoms with Crippen LogP contribution < -0.4 is 5.32 Å². The van der Waals surface area contributed by atoms with Crippen molar-refractivity contribution in [3.05, 3.63) is 32.8 Å². The number of nitro benzene ring substituents is 1. The molecule has 116 valence electrons. The number of carboxylic acids is 1. The van der Waals surface area contributed by atoms with Gasteiger partial charge in [0.05, 0.1) is 11.3 Å². The summed E-state index contributed by atoms with van der Waals surface area (Å²) in [7, 11) is 0. The van der Waals surface area contributed by atoms with Crippen molar-refractivity contribution >= 4 is 28.9 Å². The highest BCUT2D eigenvalue weighted by Gasteiger charge is 2.28. The topological polar surface area (TPSA) is 92.5 Å². The fourth-order valence-electron chi connectivity index (χ4n) is 1.90. The Labute approximate surface area is 128 Å². The summed E-state index contributed by atoms with van der Waals surface area (Å²) in [4.78, 5) is 21.3. The van der Waals surface area contributed by atoms with Gasteiger partial charge in [-0.3, -0.25) is 14.9 Å². The first kappa shape index (κ1) is 17.2. The van der Waals surface area contributed by atoms with Gasteiger partial charge >= 0.3 is 5.97 Å². The summed E-state index contributed by atoms with van der Waals surface area (Å²) in [5, 5.41) is 23.0. The molecule has 0 amide bonds. The zero-order valence-electron chi connectivity index (χ0n) is 12.4. The molecule has 0 aromatic heterocycles. The maximum atomic E-state index is 11.0. The summed E-state index contributed by atoms with van der Waals surface area (Å²) in [6, 6.07) is 2.52. The zero-order valence-corrected chi connectivity index (χ0v) is 13.2. The third-order valence-corrected chi connectivity index (χ3v) is 3.55. The molecule has 21 heavy (non-hydrogen) atoms. The van der Waals surface area contributed by atoms with Gasteiger partial charge in [0.1, 0.15) is 5.02 Å². The molecule has 0 bridgehead atoms. The zero-order chi connectivity index (χ0) is 16.4. The Hall–Kier alpha value is -1.82. The van der Waals surface area contributed by atoms with Crippen molar-refractivity contribution in [1.82, 2.24) is 0 Å². The quantitative estimate of drug-likeness (QED) is 0.636. The molecule has 0 aliphatic rings. The lowest BCUT2D eigenvalue weighted by Gasteiger charge is -2.31. The minimum Gasteiger partial charge on any atom is -0.481 e. The second-order valence-electron chi connectivity index (χ2n) is 6.04. The minimum absolute atomic E-state index is 0.0242. The Balaban J connectivity index is 3.13. The van der Waals surface area contributed by atoms with E-state index in [4.69, 9.17) is 16.7 Å². The van der Waals surface area contributed by atoms with Crippen LogP contribution in [0.5, 0.6) is 0 Å². The van der Waals surface area contributed by atoms with Crippen molar-refractivity contribution in [2.24, 2.45) is 5.41 Å². The van der Waals surface area contributed by atoms with E-state index in [1.165, 1.54) is 12.1 Å². The molecule has 0 spiro atoms. The van der Waals surface area contributed by atoms with Crippen molar-refractivity contribution in [2.45, 2.75) is 40.2 Å². The summed E-state index contributed by atoms with van der Waals surface area (Å²) < 4.78 is 0. The van der Waals surface area contributed by atoms with Gasteiger partial charge in [0, 0.05) is 17.8 Å². The molecule has 0 saturated heterocycles. The lowest BCUT2D eigenvalue weighted by Crippen LogP contribution is -2.36. The molecule has 0 aliphatic heterocycles. The summed E-state index contributed by atoms with van der Waals surface area (Å²) in [6.07, 6.45) is -0.0580. The molecule has 0 radical (unpaired) electrons. The average molecular weight is 315 g/mol. The molecule has 0 aliphatic carbocycles. The minimum atomic E-state index is -0.909. The number of carboxylic acid groups (broad SMARTS) is 1. The molecule has 7 heteroatoms. The van der Waals surface area contributed by atoms with Crippen molar-refractivity contribution < 1.29 is 14.8 Å². The average Bonchev–Trinajstić information content (AvgIpc) is 2.30. The maximum Gasteiger partial charge on any atom is 0.305 e. The van der Waals surface area contributed by atoms with E-state index in [-0.39, 0.29) is 28.6 Å². The highest BCUT2D eigenvalue weighted by atomic mass is 35.5. The molecule has 1 atom stereocenters. The molecule has 2 N–H and O–H groups in total. The number of nitrogens with zero attached hydrogens (tertiary/aromatic N) is 1. The molecule has 6 nitrogen and oxygen atoms in total. The van der Waals surface area contributed by atoms with Gasteiger partial charge in [0.15, 0.2) is 0 Å². The predicted molar refractivity (Wildman–Crippen MR) is 82.0 cm³/mol. The number of aryl methyl sites for hydroxylation is 1. The van der Waals surface area contributed by atoms with E-state index in [0.29, 0.717) is 11.3 Å². The van der Waals surface area contributed by atoms with Crippen LogP contribution in [0.4, 0.5) is 11.4 Å². The Kier molecular flexibility index (Phi) is 5.17. The number of rotatable bonds is 5. The van der Waals surface area contributed by atoms with Crippen LogP contribution in [0.3, 0.4) is 0 Å². The van der Waals surface area contributed by atoms with Crippen LogP contribution in [0.25, 0.3) is 0 Å². The first-order valence-electron chi connectivity index (χ1n) is 6.45. The number of anilines is 1. The van der Waals surface area contributed by atoms with Gasteiger partial charge in [0.2, 0.25) is 0 Å². The van der Waals surface area contributed by atoms with Gasteiger partial charge in [-0.25, -0.2) is 0 Å². The standard InChI is InChI=1S/C14H19ClN2O4/c1-8-5-11(17(20)21)9(15)6-10(8)16-12(7-13(18)19)14(2,3)4/h5-6,12,16H,7H2,1-4H3,(H,18,19). The Morgan fingerprint density at radius 3 is 2.48 bits per heavy atom. The van der Waals surface area contributed by atoms with E-state index in [9.17, 15) is 14.9 Å². The molecule has 1 aromatic carbocycles. The Morgan fingerprint density at radius 2 is 2.05 bits per heavy atom. The number of hydrogen-bond acceptors (Lipinski definition) is 4. The fraction of sp³-hybridized carbons (Fsp3) is 0.500. The van der Waals surface area contributed by atoms with Crippen molar-refractivity contribution in [3.8, 4) is 0 Å². The van der Waals surface area contributed by atoms with Gasteiger partial charge < -0.3 is 10.4 Å². The molecular weight excluding hydrogens is 296 g/mol. The second kappa shape index (κ2) is 6.30. The lowest BCUT2D eigenvalue weighted by molar-refractivity contribution is -0.384. The van der Waals surface area contributed by atoms with Gasteiger partial charge in [-0.2, -0.15) is 0 Å². The third-order valence-electron chi connectivity index (χ3n) is 3.24. The number of nitrogens with one attached hydrogen (secondary N) is 1. The van der Waals surface area contributed by atoms with Crippen LogP contribution >= 0.6 is 11.6 Å². The van der Waals surface area contributed by atoms with Gasteiger partial charge in [-0.15, -0.1) is 0 Å². The number of hydrogen-bond donors (Lipinski definition) is 2. The monoisotopic (exact) mass is 314 g/mol. The van der Waals surface area contributed by atoms with E-state index in [0.717, 1.165) is 0 Å². The van der Waals surface area contributed by atoms with E-state index >= 15 is 0 Å². The SMILES string of the molecule is Cc1cc([N+](=O)[O-])c(Cl)cc1NC(CC(=O)O)C(C)(C)C. The summed E-state index contributed by atoms with van der Waals surface area (Å²) in [6.45, 7) is 7.49. The van der Waals surface area contributed by atoms with Crippen LogP contribution in [0.2, 0.25) is 5.02 Å². The van der Waals surface area contributed by atoms with E-state index < -0.39 is 10.9 Å². The Morgan fingerprint density at radius 1 is 1.48 bits per heavy atom. The van der Waals surface area contributed by atoms with E-state index in [2.05, 4.69) is 5.32 Å². The number of aliphatic carboxylic acids is 1. The second-order valence-corrected chi connectivity index (χ2v) is 6.44. The van der Waals surface area contributed by atoms with Crippen LogP contribution in [0.1, 0.15) is 32.8 Å². The molecule has 1 aromatic rings. The molecule has 0 heterocycles. The van der Waals surface area contributed by atoms with E-state index in [1.54, 1.807) is 6.92 Å². The van der Waals surface area contributed by atoms with Crippen LogP contribution in [-0.4, -0.2) is 22.0 Å². The molecule has 0 fully saturated rings. The number of carbonyl (C=O) groups is 1. The first-order chi connectivity index (χ1) is 9.52. The van der Waals surface area contributed by atoms with Crippen molar-refractivity contribution in [3.63, 3.8) is 0 Å². The highest BCUT2D eigenvalue weighted by molar-refractivity contribution is 6.33. The molecular formula is C14H19ClN2O4. The van der Waals surface area contributed by atoms with Gasteiger partial charge in [-0.1, -0.05) is 32.4 Å². The largest absolute Gasteiger partial charge is 0.481 e. The Bertz CT molecular complexity index is 567. The normalized spacial score (nSPS) is 12.8. The summed E-state index contributed by atoms with van der Waals surface area (Å²) in [5.74, 6) is -0.909. The van der Waals surface area contributed by atoms with E-state index in [1.807, 2.05) is 20.8 Å². The number of halogens is 1. The van der Waals surface area contributed by atoms with Gasteiger partial charge in [0.25, 0.3) is 5.69 Å². The van der Waals surface area contributed by atoms with Crippen LogP contribution in [-0.2, 0) is 4.79 Å². The lowest BCUT2D eigenvalue weighted by atomic mass is 9.84. The van der Waals surface area contributed by atoms with Gasteiger partial charge in [-0.05, 0) is 24.0 Å². The van der Waals surface area contributed by atoms with Crippen LogP contribution in [0.15, 0.2) is 12.1 Å². The van der Waals surface area contributed by atoms with Crippen molar-refractivity contribution in [2.75, 3.05) is 5.32 Å². The maximum absolute atomic E-state index is 11.0. The first-order valence-corrected chi connectivity index (χ1v) is 6.83. The smallest absolute Gasteiger partial charge is 0.305 e. The third kappa shape index (κ3) is 4.60. The van der Waals surface area contributed by atoms with Crippen molar-refractivity contribution in [1.29, 1.82) is 0 Å². The summed E-state index contributed by atoms with van der Waals surface area (Å²) >= 11 is 5.90. The highest BCUT2D eigenvalue weighted by Crippen LogP contribution is 2.33. The summed E-state index contributed by atoms with van der Waals surface area (Å²) in [5.41, 5.74) is 0.793. The number of nitro groups is 1. The number of benzene rings is 1. The molecule has 1 rings (SSSR count). The fourth-order valence-corrected chi connectivity index (χ4v) is 2.13. The molecule has 1 unspecified atom stereocenters. The molecule has 0 saturated carbocycles. The van der Waals surface area contributed by atoms with Crippen LogP contribution in [0, 0.1) is 22.5 Å².